The van der Waals surface area contributed by atoms with Crippen molar-refractivity contribution < 1.29 is 38.2 Å². The number of aryl methyl sites for hydroxylation is 5. The van der Waals surface area contributed by atoms with E-state index in [1.165, 1.54) is 22.7 Å². The highest BCUT2D eigenvalue weighted by Gasteiger charge is 2.25. The van der Waals surface area contributed by atoms with Crippen LogP contribution in [0.4, 0.5) is 10.0 Å². The van der Waals surface area contributed by atoms with Gasteiger partial charge < -0.3 is 29.7 Å². The van der Waals surface area contributed by atoms with Gasteiger partial charge in [-0.1, -0.05) is 90.0 Å². The maximum atomic E-state index is 12.9. The zero-order valence-corrected chi connectivity index (χ0v) is 32.1. The van der Waals surface area contributed by atoms with Gasteiger partial charge in [0.25, 0.3) is 11.8 Å². The lowest BCUT2D eigenvalue weighted by Crippen LogP contribution is -2.13. The largest absolute Gasteiger partial charge is 0.478 e. The number of carboxylic acid groups (broad SMARTS) is 2. The number of aromatic carboxylic acids is 2. The fourth-order valence-electron chi connectivity index (χ4n) is 5.86. The number of hydrogen-bond acceptors (Lipinski definition) is 8. The van der Waals surface area contributed by atoms with Crippen molar-refractivity contribution in [3.63, 3.8) is 0 Å². The van der Waals surface area contributed by atoms with Crippen molar-refractivity contribution in [1.29, 1.82) is 0 Å². The van der Waals surface area contributed by atoms with Crippen LogP contribution in [-0.2, 0) is 0 Å². The Hall–Kier alpha value is -6.50. The van der Waals surface area contributed by atoms with Gasteiger partial charge >= 0.3 is 11.9 Å². The Kier molecular flexibility index (Phi) is 11.3. The number of anilines is 2. The average molecular weight is 773 g/mol. The van der Waals surface area contributed by atoms with Crippen LogP contribution in [0, 0.1) is 34.6 Å². The van der Waals surface area contributed by atoms with Gasteiger partial charge in [-0.25, -0.2) is 9.59 Å². The fraction of sp³-hybridized carbons (Fsp3) is 0.116. The van der Waals surface area contributed by atoms with Crippen molar-refractivity contribution in [3.8, 4) is 33.6 Å². The Morgan fingerprint density at radius 3 is 1.40 bits per heavy atom. The number of furan rings is 2. The molecule has 0 saturated heterocycles. The minimum atomic E-state index is -1.09. The third kappa shape index (κ3) is 8.51. The van der Waals surface area contributed by atoms with E-state index in [0.29, 0.717) is 55.3 Å². The quantitative estimate of drug-likeness (QED) is 0.113. The molecule has 10 nitrogen and oxygen atoms in total. The van der Waals surface area contributed by atoms with E-state index in [1.54, 1.807) is 43.7 Å². The molecule has 0 fully saturated rings. The SMILES string of the molecule is Cc1ccc(-c2csc(NC(=O)c3cc(-c4ccccc4)oc3C)c2C(=O)O)cc1.Cc1ccc(-c2csc(NC(=O)c3cc(C)oc3C)c2C(=O)O)cc1. The van der Waals surface area contributed by atoms with Gasteiger partial charge in [0.2, 0.25) is 0 Å². The second-order valence-electron chi connectivity index (χ2n) is 12.7. The number of amides is 2. The number of hydrogen-bond donors (Lipinski definition) is 4. The van der Waals surface area contributed by atoms with Crippen LogP contribution in [0.2, 0.25) is 0 Å². The molecule has 12 heteroatoms. The normalized spacial score (nSPS) is 10.7. The molecule has 4 heterocycles. The van der Waals surface area contributed by atoms with Crippen LogP contribution >= 0.6 is 22.7 Å². The summed E-state index contributed by atoms with van der Waals surface area (Å²) < 4.78 is 11.1. The predicted octanol–water partition coefficient (Wildman–Crippen LogP) is 11.1. The summed E-state index contributed by atoms with van der Waals surface area (Å²) in [6.07, 6.45) is 0. The van der Waals surface area contributed by atoms with Crippen LogP contribution in [0.25, 0.3) is 33.6 Å². The first-order valence-corrected chi connectivity index (χ1v) is 18.8. The van der Waals surface area contributed by atoms with Gasteiger partial charge in [-0.3, -0.25) is 9.59 Å². The smallest absolute Gasteiger partial charge is 0.339 e. The number of nitrogens with one attached hydrogen (secondary N) is 2. The highest BCUT2D eigenvalue weighted by atomic mass is 32.1. The molecule has 0 bridgehead atoms. The highest BCUT2D eigenvalue weighted by molar-refractivity contribution is 7.15. The zero-order chi connectivity index (χ0) is 39.4. The van der Waals surface area contributed by atoms with Gasteiger partial charge in [0, 0.05) is 27.5 Å². The molecular weight excluding hydrogens is 737 g/mol. The van der Waals surface area contributed by atoms with Crippen LogP contribution < -0.4 is 10.6 Å². The number of carboxylic acids is 2. The molecule has 0 spiro atoms. The summed E-state index contributed by atoms with van der Waals surface area (Å²) in [5.74, 6) is -0.757. The van der Waals surface area contributed by atoms with Gasteiger partial charge in [0.05, 0.1) is 11.1 Å². The maximum absolute atomic E-state index is 12.9. The molecule has 0 aliphatic carbocycles. The molecule has 55 heavy (non-hydrogen) atoms. The summed E-state index contributed by atoms with van der Waals surface area (Å²) in [6, 6.07) is 28.0. The Morgan fingerprint density at radius 2 is 0.982 bits per heavy atom. The Morgan fingerprint density at radius 1 is 0.545 bits per heavy atom. The number of thiophene rings is 2. The number of rotatable bonds is 9. The van der Waals surface area contributed by atoms with Crippen molar-refractivity contribution in [2.24, 2.45) is 0 Å². The highest BCUT2D eigenvalue weighted by Crippen LogP contribution is 2.38. The monoisotopic (exact) mass is 772 g/mol. The molecule has 4 aromatic heterocycles. The minimum absolute atomic E-state index is 0.0848. The Bertz CT molecular complexity index is 2520. The summed E-state index contributed by atoms with van der Waals surface area (Å²) in [7, 11) is 0. The summed E-state index contributed by atoms with van der Waals surface area (Å²) >= 11 is 2.39. The molecular formula is C43H36N2O8S2. The van der Waals surface area contributed by atoms with Crippen LogP contribution in [0.15, 0.2) is 111 Å². The van der Waals surface area contributed by atoms with Crippen molar-refractivity contribution in [3.05, 3.63) is 152 Å². The standard InChI is InChI=1S/C24H19NO4S.C19H17NO4S/c1-14-8-10-16(11-9-14)19-13-30-23(21(19)24(27)28)25-22(26)18-12-20(29-15(18)2)17-6-4-3-5-7-17;1-10-4-6-13(7-5-10)15-9-25-18(16(15)19(22)23)20-17(21)14-8-11(2)24-12(14)3/h3-13H,1-2H3,(H,25,26)(H,27,28);4-9H,1-3H3,(H,20,21)(H,22,23). The Labute approximate surface area is 324 Å². The van der Waals surface area contributed by atoms with Crippen LogP contribution in [0.1, 0.15) is 69.8 Å². The zero-order valence-electron chi connectivity index (χ0n) is 30.5. The van der Waals surface area contributed by atoms with Crippen molar-refractivity contribution >= 4 is 56.4 Å². The first-order chi connectivity index (χ1) is 26.3. The van der Waals surface area contributed by atoms with Gasteiger partial charge in [-0.2, -0.15) is 0 Å². The van der Waals surface area contributed by atoms with Crippen molar-refractivity contribution in [2.45, 2.75) is 34.6 Å². The molecule has 2 amide bonds. The lowest BCUT2D eigenvalue weighted by Gasteiger charge is -2.06. The third-order valence-electron chi connectivity index (χ3n) is 8.70. The van der Waals surface area contributed by atoms with Crippen LogP contribution in [0.3, 0.4) is 0 Å². The minimum Gasteiger partial charge on any atom is -0.478 e. The summed E-state index contributed by atoms with van der Waals surface area (Å²) in [6.45, 7) is 9.11. The summed E-state index contributed by atoms with van der Waals surface area (Å²) in [5, 5.41) is 29.0. The molecule has 0 radical (unpaired) electrons. The Balaban J connectivity index is 0.000000190. The second kappa shape index (κ2) is 16.3. The fourth-order valence-corrected chi connectivity index (χ4v) is 7.78. The van der Waals surface area contributed by atoms with Gasteiger partial charge in [-0.15, -0.1) is 22.7 Å². The van der Waals surface area contributed by atoms with E-state index in [4.69, 9.17) is 8.83 Å². The van der Waals surface area contributed by atoms with Crippen molar-refractivity contribution in [2.75, 3.05) is 10.6 Å². The van der Waals surface area contributed by atoms with Gasteiger partial charge in [-0.05, 0) is 57.9 Å². The maximum Gasteiger partial charge on any atom is 0.339 e. The molecule has 7 aromatic rings. The van der Waals surface area contributed by atoms with Crippen LogP contribution in [-0.4, -0.2) is 34.0 Å². The molecule has 0 aliphatic heterocycles. The van der Waals surface area contributed by atoms with Crippen molar-refractivity contribution in [1.82, 2.24) is 0 Å². The van der Waals surface area contributed by atoms with Crippen LogP contribution in [0.5, 0.6) is 0 Å². The molecule has 0 aliphatic rings. The average Bonchev–Trinajstić information content (AvgIpc) is 3.95. The number of carbonyl (C=O) groups excluding carboxylic acids is 2. The predicted molar refractivity (Wildman–Crippen MR) is 216 cm³/mol. The molecule has 0 saturated carbocycles. The number of benzene rings is 3. The summed E-state index contributed by atoms with van der Waals surface area (Å²) in [4.78, 5) is 49.1. The van der Waals surface area contributed by atoms with E-state index in [9.17, 15) is 29.4 Å². The number of carbonyl (C=O) groups is 4. The first kappa shape index (κ1) is 38.2. The van der Waals surface area contributed by atoms with Gasteiger partial charge in [0.1, 0.15) is 44.2 Å². The van der Waals surface area contributed by atoms with Gasteiger partial charge in [0.15, 0.2) is 0 Å². The molecule has 7 rings (SSSR count). The van der Waals surface area contributed by atoms with E-state index in [-0.39, 0.29) is 17.0 Å². The second-order valence-corrected chi connectivity index (χ2v) is 14.5. The lowest BCUT2D eigenvalue weighted by molar-refractivity contribution is 0.0688. The van der Waals surface area contributed by atoms with E-state index < -0.39 is 17.8 Å². The third-order valence-corrected chi connectivity index (χ3v) is 10.5. The lowest BCUT2D eigenvalue weighted by atomic mass is 10.0. The molecule has 278 valence electrons. The topological polar surface area (TPSA) is 159 Å². The molecule has 4 N–H and O–H groups in total. The molecule has 3 aromatic carbocycles. The van der Waals surface area contributed by atoms with E-state index >= 15 is 0 Å². The van der Waals surface area contributed by atoms with E-state index in [2.05, 4.69) is 10.6 Å². The van der Waals surface area contributed by atoms with E-state index in [0.717, 1.165) is 27.8 Å². The molecule has 0 unspecified atom stereocenters. The molecule has 0 atom stereocenters. The van der Waals surface area contributed by atoms with E-state index in [1.807, 2.05) is 92.7 Å². The summed E-state index contributed by atoms with van der Waals surface area (Å²) in [5.41, 5.74) is 6.76. The first-order valence-electron chi connectivity index (χ1n) is 17.0.